The van der Waals surface area contributed by atoms with E-state index < -0.39 is 41.8 Å². The molecule has 0 aromatic rings. The zero-order valence-electron chi connectivity index (χ0n) is 8.49. The topological polar surface area (TPSA) is 121 Å². The molecule has 4 unspecified atom stereocenters. The molecule has 0 spiro atoms. The lowest BCUT2D eigenvalue weighted by atomic mass is 9.78. The molecule has 0 aromatic heterocycles. The van der Waals surface area contributed by atoms with Crippen molar-refractivity contribution in [2.45, 2.75) is 13.0 Å². The maximum atomic E-state index is 10.9. The van der Waals surface area contributed by atoms with Crippen molar-refractivity contribution in [2.24, 2.45) is 17.8 Å². The van der Waals surface area contributed by atoms with E-state index in [2.05, 4.69) is 0 Å². The Morgan fingerprint density at radius 2 is 1.62 bits per heavy atom. The van der Waals surface area contributed by atoms with Crippen LogP contribution in [0.25, 0.3) is 0 Å². The molecule has 4 atom stereocenters. The lowest BCUT2D eigenvalue weighted by Crippen LogP contribution is -2.50. The summed E-state index contributed by atoms with van der Waals surface area (Å²) in [5.74, 6) is -7.04. The van der Waals surface area contributed by atoms with Crippen molar-refractivity contribution >= 4 is 17.9 Å². The second-order valence-corrected chi connectivity index (χ2v) is 3.76. The van der Waals surface area contributed by atoms with Crippen LogP contribution in [0.3, 0.4) is 0 Å². The van der Waals surface area contributed by atoms with Gasteiger partial charge in [0.1, 0.15) is 0 Å². The Balaban J connectivity index is 2.96. The molecule has 0 amide bonds. The molecular weight excluding hydrogens is 220 g/mol. The van der Waals surface area contributed by atoms with Crippen LogP contribution in [0, 0.1) is 17.8 Å². The predicted molar refractivity (Wildman–Crippen MR) is 48.8 cm³/mol. The Hall–Kier alpha value is -1.63. The van der Waals surface area contributed by atoms with Gasteiger partial charge in [-0.1, -0.05) is 6.92 Å². The molecule has 0 aliphatic carbocycles. The van der Waals surface area contributed by atoms with Crippen LogP contribution in [-0.4, -0.2) is 45.9 Å². The Kier molecular flexibility index (Phi) is 3.48. The average molecular weight is 232 g/mol. The number of carbonyl (C=O) groups is 3. The first-order valence-corrected chi connectivity index (χ1v) is 4.66. The molecule has 7 heteroatoms. The van der Waals surface area contributed by atoms with Gasteiger partial charge < -0.3 is 20.1 Å². The third-order valence-corrected chi connectivity index (χ3v) is 2.83. The lowest BCUT2D eigenvalue weighted by Gasteiger charge is -2.35. The maximum Gasteiger partial charge on any atom is 0.333 e. The van der Waals surface area contributed by atoms with Crippen molar-refractivity contribution in [1.29, 1.82) is 0 Å². The van der Waals surface area contributed by atoms with Gasteiger partial charge in [-0.05, 0) is 5.92 Å². The summed E-state index contributed by atoms with van der Waals surface area (Å²) < 4.78 is 4.80. The summed E-state index contributed by atoms with van der Waals surface area (Å²) >= 11 is 0. The van der Waals surface area contributed by atoms with Gasteiger partial charge in [0.15, 0.2) is 6.10 Å². The second kappa shape index (κ2) is 4.48. The quantitative estimate of drug-likeness (QED) is 0.600. The number of rotatable bonds is 3. The molecule has 0 bridgehead atoms. The van der Waals surface area contributed by atoms with Gasteiger partial charge >= 0.3 is 17.9 Å². The molecule has 1 fully saturated rings. The minimum atomic E-state index is -1.48. The first-order chi connectivity index (χ1) is 7.36. The first kappa shape index (κ1) is 12.4. The standard InChI is InChI=1S/C9H12O7/c1-3-4(7(10)11)2-16-6(9(14)15)5(3)8(12)13/h3-6H,2H2,1H3,(H,10,11)(H,12,13)(H,14,15). The number of ether oxygens (including phenoxy) is 1. The molecule has 7 nitrogen and oxygen atoms in total. The number of aliphatic carboxylic acids is 3. The molecule has 90 valence electrons. The van der Waals surface area contributed by atoms with Gasteiger partial charge in [0.05, 0.1) is 18.4 Å². The van der Waals surface area contributed by atoms with Crippen LogP contribution >= 0.6 is 0 Å². The molecule has 16 heavy (non-hydrogen) atoms. The molecule has 0 radical (unpaired) electrons. The van der Waals surface area contributed by atoms with Crippen LogP contribution in [0.1, 0.15) is 6.92 Å². The molecular formula is C9H12O7. The van der Waals surface area contributed by atoms with Crippen LogP contribution in [0.2, 0.25) is 0 Å². The van der Waals surface area contributed by atoms with E-state index in [-0.39, 0.29) is 6.61 Å². The summed E-state index contributed by atoms with van der Waals surface area (Å²) in [5.41, 5.74) is 0. The molecule has 1 saturated heterocycles. The van der Waals surface area contributed by atoms with Crippen LogP contribution in [0.4, 0.5) is 0 Å². The largest absolute Gasteiger partial charge is 0.481 e. The van der Waals surface area contributed by atoms with E-state index >= 15 is 0 Å². The van der Waals surface area contributed by atoms with Gasteiger partial charge in [-0.2, -0.15) is 0 Å². The van der Waals surface area contributed by atoms with Crippen molar-refractivity contribution in [1.82, 2.24) is 0 Å². The van der Waals surface area contributed by atoms with E-state index in [0.29, 0.717) is 0 Å². The minimum absolute atomic E-state index is 0.281. The van der Waals surface area contributed by atoms with Crippen molar-refractivity contribution in [3.8, 4) is 0 Å². The zero-order valence-corrected chi connectivity index (χ0v) is 8.49. The molecule has 1 rings (SSSR count). The third-order valence-electron chi connectivity index (χ3n) is 2.83. The van der Waals surface area contributed by atoms with Gasteiger partial charge in [0.25, 0.3) is 0 Å². The van der Waals surface area contributed by atoms with Gasteiger partial charge in [-0.15, -0.1) is 0 Å². The number of hydrogen-bond acceptors (Lipinski definition) is 4. The van der Waals surface area contributed by atoms with E-state index in [1.807, 2.05) is 0 Å². The molecule has 3 N–H and O–H groups in total. The number of carboxylic acid groups (broad SMARTS) is 3. The number of carboxylic acids is 3. The smallest absolute Gasteiger partial charge is 0.333 e. The van der Waals surface area contributed by atoms with Crippen molar-refractivity contribution in [2.75, 3.05) is 6.61 Å². The van der Waals surface area contributed by atoms with E-state index in [1.54, 1.807) is 0 Å². The fourth-order valence-corrected chi connectivity index (χ4v) is 1.86. The van der Waals surface area contributed by atoms with E-state index in [1.165, 1.54) is 6.92 Å². The van der Waals surface area contributed by atoms with Crippen LogP contribution < -0.4 is 0 Å². The van der Waals surface area contributed by atoms with E-state index in [4.69, 9.17) is 20.1 Å². The SMILES string of the molecule is CC1C(C(=O)O)COC(C(=O)O)C1C(=O)O. The normalized spacial score (nSPS) is 34.3. The Morgan fingerprint density at radius 3 is 2.00 bits per heavy atom. The summed E-state index contributed by atoms with van der Waals surface area (Å²) in [7, 11) is 0. The van der Waals surface area contributed by atoms with Crippen LogP contribution in [0.5, 0.6) is 0 Å². The van der Waals surface area contributed by atoms with Gasteiger partial charge in [0.2, 0.25) is 0 Å². The van der Waals surface area contributed by atoms with Crippen LogP contribution in [0.15, 0.2) is 0 Å². The summed E-state index contributed by atoms with van der Waals surface area (Å²) in [4.78, 5) is 32.5. The second-order valence-electron chi connectivity index (χ2n) is 3.76. The van der Waals surface area contributed by atoms with Crippen molar-refractivity contribution in [3.05, 3.63) is 0 Å². The maximum absolute atomic E-state index is 10.9. The fraction of sp³-hybridized carbons (Fsp3) is 0.667. The molecule has 0 saturated carbocycles. The Labute approximate surface area is 90.6 Å². The molecule has 1 aliphatic heterocycles. The summed E-state index contributed by atoms with van der Waals surface area (Å²) in [5, 5.41) is 26.5. The Morgan fingerprint density at radius 1 is 1.06 bits per heavy atom. The fourth-order valence-electron chi connectivity index (χ4n) is 1.86. The highest BCUT2D eigenvalue weighted by atomic mass is 16.5. The van der Waals surface area contributed by atoms with Gasteiger partial charge in [0, 0.05) is 0 Å². The highest BCUT2D eigenvalue weighted by Gasteiger charge is 2.48. The van der Waals surface area contributed by atoms with Crippen molar-refractivity contribution in [3.63, 3.8) is 0 Å². The zero-order chi connectivity index (χ0) is 12.5. The molecule has 1 aliphatic rings. The van der Waals surface area contributed by atoms with Gasteiger partial charge in [-0.3, -0.25) is 9.59 Å². The molecule has 0 aromatic carbocycles. The third kappa shape index (κ3) is 2.13. The Bertz CT molecular complexity index is 324. The van der Waals surface area contributed by atoms with Crippen LogP contribution in [-0.2, 0) is 19.1 Å². The minimum Gasteiger partial charge on any atom is -0.481 e. The van der Waals surface area contributed by atoms with Gasteiger partial charge in [-0.25, -0.2) is 4.79 Å². The summed E-state index contributed by atoms with van der Waals surface area (Å²) in [6.07, 6.45) is -1.48. The highest BCUT2D eigenvalue weighted by Crippen LogP contribution is 2.32. The monoisotopic (exact) mass is 232 g/mol. The van der Waals surface area contributed by atoms with E-state index in [0.717, 1.165) is 0 Å². The highest BCUT2D eigenvalue weighted by molar-refractivity contribution is 5.83. The average Bonchev–Trinajstić information content (AvgIpc) is 2.15. The first-order valence-electron chi connectivity index (χ1n) is 4.66. The predicted octanol–water partition coefficient (Wildman–Crippen LogP) is -0.492. The summed E-state index contributed by atoms with van der Waals surface area (Å²) in [6.45, 7) is 1.13. The summed E-state index contributed by atoms with van der Waals surface area (Å²) in [6, 6.07) is 0. The molecule has 1 heterocycles. The number of hydrogen-bond donors (Lipinski definition) is 3. The lowest BCUT2D eigenvalue weighted by molar-refractivity contribution is -0.184. The van der Waals surface area contributed by atoms with E-state index in [9.17, 15) is 14.4 Å². The van der Waals surface area contributed by atoms with Crippen molar-refractivity contribution < 1.29 is 34.4 Å².